The van der Waals surface area contributed by atoms with E-state index >= 15 is 0 Å². The smallest absolute Gasteiger partial charge is 0.326 e. The molecule has 3 heterocycles. The summed E-state index contributed by atoms with van der Waals surface area (Å²) in [6.45, 7) is 2.53. The average molecular weight is 280 g/mol. The van der Waals surface area contributed by atoms with Gasteiger partial charge >= 0.3 is 5.97 Å². The Balaban J connectivity index is 1.60. The van der Waals surface area contributed by atoms with E-state index in [1.807, 2.05) is 6.92 Å². The van der Waals surface area contributed by atoms with E-state index in [9.17, 15) is 14.7 Å². The molecule has 0 aromatic rings. The number of carboxylic acid groups (broad SMARTS) is 1. The number of hydrogen-bond acceptors (Lipinski definition) is 3. The highest BCUT2D eigenvalue weighted by Crippen LogP contribution is 2.34. The molecule has 0 aromatic heterocycles. The standard InChI is InChI=1S/C15H24N2O3/c1-9-4-5-17(14(9)15(19)20)13(18)8-10-6-11-2-3-12(7-10)16-11/h9-12,14,16H,2-8H2,1H3,(H,19,20). The van der Waals surface area contributed by atoms with Gasteiger partial charge in [0, 0.05) is 25.0 Å². The fourth-order valence-corrected chi connectivity index (χ4v) is 4.31. The lowest BCUT2D eigenvalue weighted by Crippen LogP contribution is -2.45. The first-order chi connectivity index (χ1) is 9.54. The van der Waals surface area contributed by atoms with Crippen LogP contribution >= 0.6 is 0 Å². The zero-order valence-corrected chi connectivity index (χ0v) is 12.0. The summed E-state index contributed by atoms with van der Waals surface area (Å²) < 4.78 is 0. The summed E-state index contributed by atoms with van der Waals surface area (Å²) >= 11 is 0. The maximum Gasteiger partial charge on any atom is 0.326 e. The van der Waals surface area contributed by atoms with Gasteiger partial charge in [0.25, 0.3) is 0 Å². The molecule has 0 aliphatic carbocycles. The summed E-state index contributed by atoms with van der Waals surface area (Å²) in [5.74, 6) is -0.297. The molecule has 0 radical (unpaired) electrons. The van der Waals surface area contributed by atoms with E-state index in [1.54, 1.807) is 4.90 Å². The molecular weight excluding hydrogens is 256 g/mol. The number of fused-ring (bicyclic) bond motifs is 2. The first kappa shape index (κ1) is 13.9. The zero-order valence-electron chi connectivity index (χ0n) is 12.0. The third kappa shape index (κ3) is 2.55. The molecule has 3 aliphatic rings. The fraction of sp³-hybridized carbons (Fsp3) is 0.867. The molecule has 20 heavy (non-hydrogen) atoms. The summed E-state index contributed by atoms with van der Waals surface area (Å²) in [4.78, 5) is 25.4. The molecule has 0 saturated carbocycles. The van der Waals surface area contributed by atoms with Crippen LogP contribution in [0.25, 0.3) is 0 Å². The van der Waals surface area contributed by atoms with Gasteiger partial charge in [0.1, 0.15) is 6.04 Å². The molecule has 1 amide bonds. The van der Waals surface area contributed by atoms with Gasteiger partial charge in [-0.15, -0.1) is 0 Å². The molecule has 3 fully saturated rings. The van der Waals surface area contributed by atoms with Gasteiger partial charge in [-0.3, -0.25) is 4.79 Å². The third-order valence-electron chi connectivity index (χ3n) is 5.31. The first-order valence-electron chi connectivity index (χ1n) is 7.83. The number of nitrogens with one attached hydrogen (secondary N) is 1. The van der Waals surface area contributed by atoms with Gasteiger partial charge in [-0.25, -0.2) is 4.79 Å². The van der Waals surface area contributed by atoms with Crippen molar-refractivity contribution in [1.82, 2.24) is 10.2 Å². The molecule has 3 rings (SSSR count). The number of hydrogen-bond donors (Lipinski definition) is 2. The van der Waals surface area contributed by atoms with E-state index in [-0.39, 0.29) is 11.8 Å². The summed E-state index contributed by atoms with van der Waals surface area (Å²) in [5.41, 5.74) is 0. The van der Waals surface area contributed by atoms with Crippen LogP contribution in [0, 0.1) is 11.8 Å². The van der Waals surface area contributed by atoms with Gasteiger partial charge in [-0.05, 0) is 43.9 Å². The molecule has 3 saturated heterocycles. The van der Waals surface area contributed by atoms with Gasteiger partial charge in [-0.1, -0.05) is 6.92 Å². The Morgan fingerprint density at radius 3 is 2.45 bits per heavy atom. The van der Waals surface area contributed by atoms with Crippen molar-refractivity contribution in [1.29, 1.82) is 0 Å². The van der Waals surface area contributed by atoms with Crippen molar-refractivity contribution >= 4 is 11.9 Å². The van der Waals surface area contributed by atoms with E-state index in [0.29, 0.717) is 31.0 Å². The van der Waals surface area contributed by atoms with Crippen LogP contribution in [0.15, 0.2) is 0 Å². The molecule has 3 aliphatic heterocycles. The fourth-order valence-electron chi connectivity index (χ4n) is 4.31. The number of aliphatic carboxylic acids is 1. The van der Waals surface area contributed by atoms with Crippen LogP contribution in [-0.4, -0.2) is 46.6 Å². The molecule has 112 valence electrons. The minimum Gasteiger partial charge on any atom is -0.480 e. The number of nitrogens with zero attached hydrogens (tertiary/aromatic N) is 1. The van der Waals surface area contributed by atoms with Gasteiger partial charge in [0.05, 0.1) is 0 Å². The summed E-state index contributed by atoms with van der Waals surface area (Å²) in [6.07, 6.45) is 5.94. The van der Waals surface area contributed by atoms with Crippen LogP contribution in [0.4, 0.5) is 0 Å². The summed E-state index contributed by atoms with van der Waals surface area (Å²) in [6, 6.07) is 0.555. The van der Waals surface area contributed by atoms with Crippen molar-refractivity contribution in [3.05, 3.63) is 0 Å². The Morgan fingerprint density at radius 1 is 1.20 bits per heavy atom. The second-order valence-electron chi connectivity index (χ2n) is 6.82. The minimum atomic E-state index is -0.853. The van der Waals surface area contributed by atoms with E-state index in [0.717, 1.165) is 19.3 Å². The number of amides is 1. The Kier molecular flexibility index (Phi) is 3.71. The predicted molar refractivity (Wildman–Crippen MR) is 74.2 cm³/mol. The van der Waals surface area contributed by atoms with E-state index < -0.39 is 12.0 Å². The molecule has 0 aromatic carbocycles. The topological polar surface area (TPSA) is 69.6 Å². The number of rotatable bonds is 3. The molecule has 4 unspecified atom stereocenters. The van der Waals surface area contributed by atoms with Gasteiger partial charge in [-0.2, -0.15) is 0 Å². The molecule has 5 nitrogen and oxygen atoms in total. The zero-order chi connectivity index (χ0) is 14.3. The van der Waals surface area contributed by atoms with Crippen LogP contribution in [-0.2, 0) is 9.59 Å². The summed E-state index contributed by atoms with van der Waals surface area (Å²) in [7, 11) is 0. The van der Waals surface area contributed by atoms with Crippen molar-refractivity contribution in [2.75, 3.05) is 6.54 Å². The lowest BCUT2D eigenvalue weighted by molar-refractivity contribution is -0.149. The molecule has 2 N–H and O–H groups in total. The molecule has 4 atom stereocenters. The largest absolute Gasteiger partial charge is 0.480 e. The van der Waals surface area contributed by atoms with E-state index in [1.165, 1.54) is 12.8 Å². The average Bonchev–Trinajstić information content (AvgIpc) is 2.92. The van der Waals surface area contributed by atoms with Crippen LogP contribution in [0.5, 0.6) is 0 Å². The minimum absolute atomic E-state index is 0.0491. The summed E-state index contributed by atoms with van der Waals surface area (Å²) in [5, 5.41) is 12.9. The molecule has 2 bridgehead atoms. The number of carboxylic acids is 1. The maximum atomic E-state index is 12.4. The van der Waals surface area contributed by atoms with Crippen molar-refractivity contribution in [3.8, 4) is 0 Å². The van der Waals surface area contributed by atoms with Crippen molar-refractivity contribution in [2.45, 2.75) is 63.6 Å². The Morgan fingerprint density at radius 2 is 1.85 bits per heavy atom. The predicted octanol–water partition coefficient (Wildman–Crippen LogP) is 1.23. The highest BCUT2D eigenvalue weighted by atomic mass is 16.4. The Labute approximate surface area is 119 Å². The van der Waals surface area contributed by atoms with Crippen molar-refractivity contribution < 1.29 is 14.7 Å². The number of likely N-dealkylation sites (tertiary alicyclic amines) is 1. The number of carbonyl (C=O) groups is 2. The lowest BCUT2D eigenvalue weighted by atomic mass is 9.89. The second-order valence-corrected chi connectivity index (χ2v) is 6.82. The lowest BCUT2D eigenvalue weighted by Gasteiger charge is -2.31. The van der Waals surface area contributed by atoms with Crippen LogP contribution in [0.2, 0.25) is 0 Å². The van der Waals surface area contributed by atoms with Crippen molar-refractivity contribution in [2.24, 2.45) is 11.8 Å². The van der Waals surface area contributed by atoms with Crippen LogP contribution < -0.4 is 5.32 Å². The van der Waals surface area contributed by atoms with Crippen molar-refractivity contribution in [3.63, 3.8) is 0 Å². The first-order valence-corrected chi connectivity index (χ1v) is 7.83. The molecule has 5 heteroatoms. The van der Waals surface area contributed by atoms with Crippen LogP contribution in [0.3, 0.4) is 0 Å². The SMILES string of the molecule is CC1CCN(C(=O)CC2CC3CCC(C2)N3)C1C(=O)O. The molecule has 0 spiro atoms. The maximum absolute atomic E-state index is 12.4. The van der Waals surface area contributed by atoms with Gasteiger partial charge in [0.2, 0.25) is 5.91 Å². The molecular formula is C15H24N2O3. The Hall–Kier alpha value is -1.10. The highest BCUT2D eigenvalue weighted by molar-refractivity contribution is 5.84. The normalized spacial score (nSPS) is 40.0. The highest BCUT2D eigenvalue weighted by Gasteiger charge is 2.41. The second kappa shape index (κ2) is 5.35. The van der Waals surface area contributed by atoms with E-state index in [2.05, 4.69) is 5.32 Å². The van der Waals surface area contributed by atoms with E-state index in [4.69, 9.17) is 0 Å². The van der Waals surface area contributed by atoms with Gasteiger partial charge < -0.3 is 15.3 Å². The van der Waals surface area contributed by atoms with Gasteiger partial charge in [0.15, 0.2) is 0 Å². The Bertz CT molecular complexity index is 400. The quantitative estimate of drug-likeness (QED) is 0.816. The van der Waals surface area contributed by atoms with Crippen LogP contribution in [0.1, 0.15) is 45.4 Å². The number of piperidine rings is 1. The monoisotopic (exact) mass is 280 g/mol. The number of carbonyl (C=O) groups excluding carboxylic acids is 1. The third-order valence-corrected chi connectivity index (χ3v) is 5.31.